The Morgan fingerprint density at radius 3 is 2.48 bits per heavy atom. The van der Waals surface area contributed by atoms with Crippen LogP contribution in [-0.4, -0.2) is 53.3 Å². The summed E-state index contributed by atoms with van der Waals surface area (Å²) < 4.78 is 0. The summed E-state index contributed by atoms with van der Waals surface area (Å²) in [4.78, 5) is 17.8. The second-order valence-electron chi connectivity index (χ2n) is 6.43. The molecule has 6 heteroatoms. The van der Waals surface area contributed by atoms with E-state index in [0.29, 0.717) is 11.9 Å². The van der Waals surface area contributed by atoms with E-state index in [1.54, 1.807) is 0 Å². The first kappa shape index (κ1) is 15.9. The molecule has 2 unspecified atom stereocenters. The number of piperidine rings is 1. The standard InChI is InChI=1S/C15H27N5O/c1-10(2)13-16-14(19(4)5)18-15(17-13)20-8-6-7-12(9-20)11(3)21/h10-12,21H,6-9H2,1-5H3. The van der Waals surface area contributed by atoms with Crippen molar-refractivity contribution < 1.29 is 5.11 Å². The molecule has 118 valence electrons. The molecule has 2 atom stereocenters. The summed E-state index contributed by atoms with van der Waals surface area (Å²) in [5, 5.41) is 9.84. The van der Waals surface area contributed by atoms with Gasteiger partial charge in [-0.15, -0.1) is 0 Å². The van der Waals surface area contributed by atoms with Crippen LogP contribution >= 0.6 is 0 Å². The number of hydrogen-bond donors (Lipinski definition) is 1. The summed E-state index contributed by atoms with van der Waals surface area (Å²) >= 11 is 0. The maximum Gasteiger partial charge on any atom is 0.230 e. The summed E-state index contributed by atoms with van der Waals surface area (Å²) in [5.41, 5.74) is 0. The number of anilines is 2. The number of hydrogen-bond acceptors (Lipinski definition) is 6. The Hall–Kier alpha value is -1.43. The lowest BCUT2D eigenvalue weighted by Crippen LogP contribution is -2.40. The highest BCUT2D eigenvalue weighted by molar-refractivity contribution is 5.39. The zero-order chi connectivity index (χ0) is 15.6. The van der Waals surface area contributed by atoms with Gasteiger partial charge in [0.05, 0.1) is 6.10 Å². The molecule has 0 saturated carbocycles. The molecule has 2 rings (SSSR count). The van der Waals surface area contributed by atoms with Crippen molar-refractivity contribution in [3.05, 3.63) is 5.82 Å². The Labute approximate surface area is 127 Å². The van der Waals surface area contributed by atoms with Gasteiger partial charge < -0.3 is 14.9 Å². The predicted octanol–water partition coefficient (Wildman–Crippen LogP) is 1.66. The summed E-state index contributed by atoms with van der Waals surface area (Å²) in [7, 11) is 3.88. The molecule has 1 saturated heterocycles. The molecule has 0 aliphatic carbocycles. The maximum atomic E-state index is 9.84. The van der Waals surface area contributed by atoms with Gasteiger partial charge >= 0.3 is 0 Å². The van der Waals surface area contributed by atoms with E-state index in [1.807, 2.05) is 25.9 Å². The molecule has 1 fully saturated rings. The van der Waals surface area contributed by atoms with Crippen LogP contribution in [0.1, 0.15) is 45.4 Å². The quantitative estimate of drug-likeness (QED) is 0.911. The van der Waals surface area contributed by atoms with Gasteiger partial charge in [0.1, 0.15) is 5.82 Å². The Morgan fingerprint density at radius 2 is 1.90 bits per heavy atom. The predicted molar refractivity (Wildman–Crippen MR) is 84.9 cm³/mol. The average Bonchev–Trinajstić information content (AvgIpc) is 2.46. The Bertz CT molecular complexity index is 449. The average molecular weight is 293 g/mol. The van der Waals surface area contributed by atoms with Crippen molar-refractivity contribution in [2.75, 3.05) is 37.0 Å². The molecule has 1 aromatic rings. The molecule has 0 spiro atoms. The van der Waals surface area contributed by atoms with Gasteiger partial charge in [-0.3, -0.25) is 0 Å². The van der Waals surface area contributed by atoms with Crippen LogP contribution in [-0.2, 0) is 0 Å². The Balaban J connectivity index is 2.29. The van der Waals surface area contributed by atoms with Gasteiger partial charge in [-0.2, -0.15) is 15.0 Å². The van der Waals surface area contributed by atoms with Crippen molar-refractivity contribution in [1.82, 2.24) is 15.0 Å². The van der Waals surface area contributed by atoms with Crippen molar-refractivity contribution in [3.8, 4) is 0 Å². The van der Waals surface area contributed by atoms with Crippen molar-refractivity contribution in [3.63, 3.8) is 0 Å². The van der Waals surface area contributed by atoms with Gasteiger partial charge in [-0.05, 0) is 19.8 Å². The molecule has 1 aliphatic rings. The molecule has 0 bridgehead atoms. The molecule has 1 N–H and O–H groups in total. The second kappa shape index (κ2) is 6.56. The summed E-state index contributed by atoms with van der Waals surface area (Å²) in [6, 6.07) is 0. The molecule has 2 heterocycles. The van der Waals surface area contributed by atoms with Crippen molar-refractivity contribution in [2.45, 2.75) is 45.6 Å². The van der Waals surface area contributed by atoms with E-state index in [4.69, 9.17) is 0 Å². The molecule has 0 aromatic carbocycles. The first-order valence-electron chi connectivity index (χ1n) is 7.74. The number of nitrogens with zero attached hydrogens (tertiary/aromatic N) is 5. The van der Waals surface area contributed by atoms with Crippen LogP contribution in [0.15, 0.2) is 0 Å². The van der Waals surface area contributed by atoms with E-state index in [2.05, 4.69) is 33.7 Å². The van der Waals surface area contributed by atoms with Crippen LogP contribution in [0, 0.1) is 5.92 Å². The lowest BCUT2D eigenvalue weighted by Gasteiger charge is -2.34. The highest BCUT2D eigenvalue weighted by atomic mass is 16.3. The third-order valence-electron chi connectivity index (χ3n) is 3.97. The van der Waals surface area contributed by atoms with Gasteiger partial charge in [-0.25, -0.2) is 0 Å². The molecule has 21 heavy (non-hydrogen) atoms. The monoisotopic (exact) mass is 293 g/mol. The molecule has 0 amide bonds. The summed E-state index contributed by atoms with van der Waals surface area (Å²) in [5.74, 6) is 2.82. The summed E-state index contributed by atoms with van der Waals surface area (Å²) in [6.07, 6.45) is 1.85. The van der Waals surface area contributed by atoms with E-state index in [9.17, 15) is 5.11 Å². The number of aliphatic hydroxyl groups excluding tert-OH is 1. The first-order chi connectivity index (χ1) is 9.88. The largest absolute Gasteiger partial charge is 0.393 e. The summed E-state index contributed by atoms with van der Waals surface area (Å²) in [6.45, 7) is 7.80. The van der Waals surface area contributed by atoms with E-state index in [0.717, 1.165) is 37.7 Å². The zero-order valence-corrected chi connectivity index (χ0v) is 13.7. The minimum absolute atomic E-state index is 0.266. The Kier molecular flexibility index (Phi) is 4.98. The highest BCUT2D eigenvalue weighted by Crippen LogP contribution is 2.24. The van der Waals surface area contributed by atoms with Crippen molar-refractivity contribution >= 4 is 11.9 Å². The fourth-order valence-corrected chi connectivity index (χ4v) is 2.55. The van der Waals surface area contributed by atoms with Crippen LogP contribution in [0.3, 0.4) is 0 Å². The fourth-order valence-electron chi connectivity index (χ4n) is 2.55. The molecular weight excluding hydrogens is 266 g/mol. The van der Waals surface area contributed by atoms with Gasteiger partial charge in [0.2, 0.25) is 11.9 Å². The topological polar surface area (TPSA) is 65.4 Å². The van der Waals surface area contributed by atoms with Crippen LogP contribution in [0.2, 0.25) is 0 Å². The van der Waals surface area contributed by atoms with Crippen LogP contribution in [0.4, 0.5) is 11.9 Å². The van der Waals surface area contributed by atoms with Crippen molar-refractivity contribution in [1.29, 1.82) is 0 Å². The fraction of sp³-hybridized carbons (Fsp3) is 0.800. The molecular formula is C15H27N5O. The van der Waals surface area contributed by atoms with Crippen LogP contribution in [0.5, 0.6) is 0 Å². The molecule has 6 nitrogen and oxygen atoms in total. The molecule has 0 radical (unpaired) electrons. The third kappa shape index (κ3) is 3.81. The van der Waals surface area contributed by atoms with Gasteiger partial charge in [-0.1, -0.05) is 13.8 Å². The SMILES string of the molecule is CC(C)c1nc(N(C)C)nc(N2CCCC(C(C)O)C2)n1. The smallest absolute Gasteiger partial charge is 0.230 e. The lowest BCUT2D eigenvalue weighted by atomic mass is 9.94. The highest BCUT2D eigenvalue weighted by Gasteiger charge is 2.26. The second-order valence-corrected chi connectivity index (χ2v) is 6.43. The van der Waals surface area contributed by atoms with E-state index < -0.39 is 0 Å². The maximum absolute atomic E-state index is 9.84. The van der Waals surface area contributed by atoms with E-state index in [-0.39, 0.29) is 12.0 Å². The molecule has 1 aliphatic heterocycles. The third-order valence-corrected chi connectivity index (χ3v) is 3.97. The number of aliphatic hydroxyl groups is 1. The van der Waals surface area contributed by atoms with Crippen LogP contribution < -0.4 is 9.80 Å². The van der Waals surface area contributed by atoms with Gasteiger partial charge in [0.25, 0.3) is 0 Å². The number of aromatic nitrogens is 3. The van der Waals surface area contributed by atoms with Gasteiger partial charge in [0, 0.05) is 39.0 Å². The zero-order valence-electron chi connectivity index (χ0n) is 13.7. The Morgan fingerprint density at radius 1 is 1.19 bits per heavy atom. The van der Waals surface area contributed by atoms with E-state index in [1.165, 1.54) is 0 Å². The number of rotatable bonds is 4. The lowest BCUT2D eigenvalue weighted by molar-refractivity contribution is 0.114. The minimum atomic E-state index is -0.285. The van der Waals surface area contributed by atoms with Crippen molar-refractivity contribution in [2.24, 2.45) is 5.92 Å². The van der Waals surface area contributed by atoms with Crippen LogP contribution in [0.25, 0.3) is 0 Å². The minimum Gasteiger partial charge on any atom is -0.393 e. The normalized spacial score (nSPS) is 20.7. The van der Waals surface area contributed by atoms with E-state index >= 15 is 0 Å². The molecule has 1 aromatic heterocycles. The first-order valence-corrected chi connectivity index (χ1v) is 7.74. The van der Waals surface area contributed by atoms with Gasteiger partial charge in [0.15, 0.2) is 0 Å².